The predicted octanol–water partition coefficient (Wildman–Crippen LogP) is 3.83. The Morgan fingerprint density at radius 1 is 0.846 bits per heavy atom. The van der Waals surface area contributed by atoms with Crippen molar-refractivity contribution < 1.29 is 0 Å². The molecule has 3 rings (SSSR count). The van der Waals surface area contributed by atoms with Gasteiger partial charge >= 0.3 is 0 Å². The minimum absolute atomic E-state index is 0.906. The number of rotatable bonds is 0. The molecule has 1 aromatic carbocycles. The van der Waals surface area contributed by atoms with Gasteiger partial charge in [-0.2, -0.15) is 0 Å². The van der Waals surface area contributed by atoms with Crippen molar-refractivity contribution in [2.24, 2.45) is 0 Å². The smallest absolute Gasteiger partial charge is 0.0153 e. The van der Waals surface area contributed by atoms with Crippen molar-refractivity contribution in [2.75, 3.05) is 0 Å². The SMILES string of the molecule is c1ccc2c(c1)C1CCCCC2C1. The molecule has 0 nitrogen and oxygen atoms in total. The quantitative estimate of drug-likeness (QED) is 0.558. The van der Waals surface area contributed by atoms with Crippen LogP contribution < -0.4 is 0 Å². The van der Waals surface area contributed by atoms with E-state index in [9.17, 15) is 0 Å². The molecule has 0 radical (unpaired) electrons. The first-order valence-electron chi connectivity index (χ1n) is 5.54. The highest BCUT2D eigenvalue weighted by Gasteiger charge is 2.31. The van der Waals surface area contributed by atoms with Gasteiger partial charge in [0.15, 0.2) is 0 Å². The molecule has 0 saturated heterocycles. The van der Waals surface area contributed by atoms with E-state index < -0.39 is 0 Å². The van der Waals surface area contributed by atoms with Crippen LogP contribution in [0.3, 0.4) is 0 Å². The molecule has 2 bridgehead atoms. The van der Waals surface area contributed by atoms with Crippen LogP contribution in [-0.2, 0) is 0 Å². The third kappa shape index (κ3) is 1.12. The zero-order valence-corrected chi connectivity index (χ0v) is 8.00. The van der Waals surface area contributed by atoms with Crippen LogP contribution in [-0.4, -0.2) is 0 Å². The Morgan fingerprint density at radius 3 is 1.92 bits per heavy atom. The molecule has 1 fully saturated rings. The minimum Gasteiger partial charge on any atom is -0.0620 e. The molecular formula is C13H16. The molecule has 0 aromatic heterocycles. The van der Waals surface area contributed by atoms with Crippen LogP contribution in [0.5, 0.6) is 0 Å². The lowest BCUT2D eigenvalue weighted by Gasteiger charge is -2.12. The zero-order valence-electron chi connectivity index (χ0n) is 8.00. The Bertz CT molecular complexity index is 283. The second-order valence-corrected chi connectivity index (χ2v) is 4.54. The largest absolute Gasteiger partial charge is 0.0620 e. The van der Waals surface area contributed by atoms with Crippen molar-refractivity contribution in [2.45, 2.75) is 43.9 Å². The molecule has 1 saturated carbocycles. The molecule has 0 spiro atoms. The maximum absolute atomic E-state index is 2.35. The Hall–Kier alpha value is -0.780. The summed E-state index contributed by atoms with van der Waals surface area (Å²) in [6.07, 6.45) is 7.23. The lowest BCUT2D eigenvalue weighted by Crippen LogP contribution is -1.94. The fourth-order valence-corrected chi connectivity index (χ4v) is 3.18. The van der Waals surface area contributed by atoms with Gasteiger partial charge in [0.25, 0.3) is 0 Å². The topological polar surface area (TPSA) is 0 Å². The Kier molecular flexibility index (Phi) is 1.68. The van der Waals surface area contributed by atoms with Crippen molar-refractivity contribution in [3.8, 4) is 0 Å². The molecule has 2 unspecified atom stereocenters. The van der Waals surface area contributed by atoms with E-state index >= 15 is 0 Å². The molecule has 2 atom stereocenters. The third-order valence-corrected chi connectivity index (χ3v) is 3.80. The van der Waals surface area contributed by atoms with Gasteiger partial charge in [0.1, 0.15) is 0 Å². The van der Waals surface area contributed by atoms with Crippen LogP contribution in [0.15, 0.2) is 24.3 Å². The van der Waals surface area contributed by atoms with Gasteiger partial charge in [-0.25, -0.2) is 0 Å². The third-order valence-electron chi connectivity index (χ3n) is 3.80. The fraction of sp³-hybridized carbons (Fsp3) is 0.538. The lowest BCUT2D eigenvalue weighted by molar-refractivity contribution is 0.601. The standard InChI is InChI=1S/C13H16/c1-2-6-11-9-10(5-1)12-7-3-4-8-13(11)12/h3-4,7-8,10-11H,1-2,5-6,9H2. The first-order valence-corrected chi connectivity index (χ1v) is 5.54. The van der Waals surface area contributed by atoms with Crippen LogP contribution in [0.4, 0.5) is 0 Å². The first-order chi connectivity index (χ1) is 6.45. The number of hydrogen-bond acceptors (Lipinski definition) is 0. The summed E-state index contributed by atoms with van der Waals surface area (Å²) in [5.74, 6) is 1.81. The van der Waals surface area contributed by atoms with Gasteiger partial charge < -0.3 is 0 Å². The van der Waals surface area contributed by atoms with E-state index in [-0.39, 0.29) is 0 Å². The van der Waals surface area contributed by atoms with E-state index in [1.807, 2.05) is 0 Å². The van der Waals surface area contributed by atoms with E-state index in [2.05, 4.69) is 24.3 Å². The van der Waals surface area contributed by atoms with Crippen LogP contribution in [0.25, 0.3) is 0 Å². The maximum atomic E-state index is 2.35. The van der Waals surface area contributed by atoms with Gasteiger partial charge in [0.2, 0.25) is 0 Å². The summed E-state index contributed by atoms with van der Waals surface area (Å²) in [4.78, 5) is 0. The highest BCUT2D eigenvalue weighted by atomic mass is 14.4. The molecule has 13 heavy (non-hydrogen) atoms. The van der Waals surface area contributed by atoms with Gasteiger partial charge in [0, 0.05) is 0 Å². The van der Waals surface area contributed by atoms with Gasteiger partial charge in [-0.3, -0.25) is 0 Å². The molecule has 2 aliphatic carbocycles. The average molecular weight is 172 g/mol. The Labute approximate surface area is 80.0 Å². The summed E-state index contributed by atoms with van der Waals surface area (Å²) in [7, 11) is 0. The molecule has 1 aromatic rings. The Balaban J connectivity index is 2.09. The van der Waals surface area contributed by atoms with Crippen molar-refractivity contribution in [1.82, 2.24) is 0 Å². The molecule has 0 N–H and O–H groups in total. The van der Waals surface area contributed by atoms with Crippen molar-refractivity contribution >= 4 is 0 Å². The van der Waals surface area contributed by atoms with Crippen LogP contribution in [0.2, 0.25) is 0 Å². The summed E-state index contributed by atoms with van der Waals surface area (Å²) < 4.78 is 0. The molecule has 68 valence electrons. The van der Waals surface area contributed by atoms with Gasteiger partial charge in [-0.1, -0.05) is 37.1 Å². The van der Waals surface area contributed by atoms with Crippen LogP contribution >= 0.6 is 0 Å². The fourth-order valence-electron chi connectivity index (χ4n) is 3.18. The highest BCUT2D eigenvalue weighted by molar-refractivity contribution is 5.38. The summed E-state index contributed by atoms with van der Waals surface area (Å²) in [6, 6.07) is 9.11. The lowest BCUT2D eigenvalue weighted by atomic mass is 9.94. The van der Waals surface area contributed by atoms with E-state index in [4.69, 9.17) is 0 Å². The minimum atomic E-state index is 0.906. The van der Waals surface area contributed by atoms with Gasteiger partial charge in [-0.05, 0) is 42.2 Å². The monoisotopic (exact) mass is 172 g/mol. The summed E-state index contributed by atoms with van der Waals surface area (Å²) >= 11 is 0. The van der Waals surface area contributed by atoms with Crippen LogP contribution in [0, 0.1) is 0 Å². The van der Waals surface area contributed by atoms with Gasteiger partial charge in [0.05, 0.1) is 0 Å². The van der Waals surface area contributed by atoms with Gasteiger partial charge in [-0.15, -0.1) is 0 Å². The second-order valence-electron chi connectivity index (χ2n) is 4.54. The van der Waals surface area contributed by atoms with Crippen molar-refractivity contribution in [3.63, 3.8) is 0 Å². The van der Waals surface area contributed by atoms with E-state index in [1.165, 1.54) is 32.1 Å². The predicted molar refractivity (Wildman–Crippen MR) is 55.0 cm³/mol. The molecule has 0 heteroatoms. The normalized spacial score (nSPS) is 31.1. The van der Waals surface area contributed by atoms with E-state index in [0.29, 0.717) is 0 Å². The molecule has 2 aliphatic rings. The molecule has 0 aliphatic heterocycles. The van der Waals surface area contributed by atoms with Crippen molar-refractivity contribution in [1.29, 1.82) is 0 Å². The number of hydrogen-bond donors (Lipinski definition) is 0. The summed E-state index contributed by atoms with van der Waals surface area (Å²) in [5, 5.41) is 0. The number of fused-ring (bicyclic) bond motifs is 5. The van der Waals surface area contributed by atoms with Crippen molar-refractivity contribution in [3.05, 3.63) is 35.4 Å². The summed E-state index contributed by atoms with van der Waals surface area (Å²) in [6.45, 7) is 0. The molecular weight excluding hydrogens is 156 g/mol. The molecule has 0 amide bonds. The maximum Gasteiger partial charge on any atom is -0.0153 e. The molecule has 0 heterocycles. The van der Waals surface area contributed by atoms with E-state index in [1.54, 1.807) is 11.1 Å². The zero-order chi connectivity index (χ0) is 8.67. The average Bonchev–Trinajstić information content (AvgIpc) is 2.35. The number of benzene rings is 1. The first kappa shape index (κ1) is 7.61. The second kappa shape index (κ2) is 2.87. The Morgan fingerprint density at radius 2 is 1.38 bits per heavy atom. The van der Waals surface area contributed by atoms with E-state index in [0.717, 1.165) is 11.8 Å². The van der Waals surface area contributed by atoms with Crippen LogP contribution in [0.1, 0.15) is 55.1 Å². The summed E-state index contributed by atoms with van der Waals surface area (Å²) in [5.41, 5.74) is 3.35. The highest BCUT2D eigenvalue weighted by Crippen LogP contribution is 2.48.